The number of anilines is 1. The summed E-state index contributed by atoms with van der Waals surface area (Å²) in [4.78, 5) is 58.8. The molecule has 2 amide bonds. The minimum Gasteiger partial charge on any atom is -0.454 e. The molecule has 42 heavy (non-hydrogen) atoms. The molecule has 6 rings (SSSR count). The molecular weight excluding hydrogens is 640 g/mol. The summed E-state index contributed by atoms with van der Waals surface area (Å²) in [5.41, 5.74) is 3.03. The fraction of sp³-hybridized carbons (Fsp3) is 0.219. The van der Waals surface area contributed by atoms with E-state index in [2.05, 4.69) is 15.9 Å². The number of Topliss-reactive ketones (excluding diaryl/α,β-unsaturated/α-hetero) is 1. The van der Waals surface area contributed by atoms with E-state index in [9.17, 15) is 19.2 Å². The maximum Gasteiger partial charge on any atom is 0.339 e. The highest BCUT2D eigenvalue weighted by Gasteiger charge is 2.50. The molecule has 7 nitrogen and oxygen atoms in total. The first-order valence-electron chi connectivity index (χ1n) is 13.3. The summed E-state index contributed by atoms with van der Waals surface area (Å²) in [5, 5.41) is 2.77. The number of rotatable bonds is 6. The molecule has 0 bridgehead atoms. The summed E-state index contributed by atoms with van der Waals surface area (Å²) in [7, 11) is 0. The van der Waals surface area contributed by atoms with Crippen molar-refractivity contribution in [3.63, 3.8) is 0 Å². The van der Waals surface area contributed by atoms with Gasteiger partial charge in [-0.05, 0) is 76.5 Å². The molecule has 3 heterocycles. The van der Waals surface area contributed by atoms with Crippen LogP contribution in [0.2, 0.25) is 5.02 Å². The standard InChI is InChI=1S/C32H24BrClN2O5S/c1-16-5-3-6-20-27(16)31(39)36(30(20)38)19-10-8-18(9-11-19)24-14-22(21-13-23(33)28(34)17(2)29(21)35-24)32(40)41-15-25(37)26-7-4-12-42-26/h3-5,7-14,16,20,27H,6,15H2,1-2H3. The van der Waals surface area contributed by atoms with Crippen LogP contribution < -0.4 is 4.90 Å². The van der Waals surface area contributed by atoms with Crippen LogP contribution in [0.15, 0.2) is 70.5 Å². The zero-order valence-electron chi connectivity index (χ0n) is 22.6. The molecule has 3 unspecified atom stereocenters. The van der Waals surface area contributed by atoms with Crippen molar-refractivity contribution in [1.29, 1.82) is 0 Å². The molecule has 212 valence electrons. The highest BCUT2D eigenvalue weighted by atomic mass is 79.9. The van der Waals surface area contributed by atoms with Crippen LogP contribution in [-0.4, -0.2) is 35.2 Å². The van der Waals surface area contributed by atoms with Crippen molar-refractivity contribution < 1.29 is 23.9 Å². The van der Waals surface area contributed by atoms with Gasteiger partial charge >= 0.3 is 5.97 Å². The third-order valence-electron chi connectivity index (χ3n) is 7.87. The van der Waals surface area contributed by atoms with Crippen molar-refractivity contribution in [3.05, 3.63) is 91.6 Å². The largest absolute Gasteiger partial charge is 0.454 e. The monoisotopic (exact) mass is 662 g/mol. The second-order valence-corrected chi connectivity index (χ2v) is 12.6. The van der Waals surface area contributed by atoms with Crippen molar-refractivity contribution in [2.75, 3.05) is 11.5 Å². The van der Waals surface area contributed by atoms with Gasteiger partial charge in [-0.1, -0.05) is 48.9 Å². The van der Waals surface area contributed by atoms with E-state index >= 15 is 0 Å². The van der Waals surface area contributed by atoms with Crippen LogP contribution >= 0.6 is 38.9 Å². The summed E-state index contributed by atoms with van der Waals surface area (Å²) < 4.78 is 6.04. The van der Waals surface area contributed by atoms with Gasteiger partial charge in [0.05, 0.1) is 44.2 Å². The number of ether oxygens (including phenoxy) is 1. The molecule has 10 heteroatoms. The number of halogens is 2. The number of esters is 1. The summed E-state index contributed by atoms with van der Waals surface area (Å²) in [5.74, 6) is -2.02. The molecular formula is C32H24BrClN2O5S. The molecule has 1 aliphatic heterocycles. The lowest BCUT2D eigenvalue weighted by molar-refractivity contribution is -0.122. The van der Waals surface area contributed by atoms with E-state index in [1.807, 2.05) is 26.0 Å². The van der Waals surface area contributed by atoms with Crippen LogP contribution in [0.5, 0.6) is 0 Å². The first-order valence-corrected chi connectivity index (χ1v) is 15.4. The Morgan fingerprint density at radius 3 is 2.60 bits per heavy atom. The van der Waals surface area contributed by atoms with Crippen molar-refractivity contribution in [1.82, 2.24) is 4.98 Å². The number of imide groups is 1. The van der Waals surface area contributed by atoms with E-state index in [-0.39, 0.29) is 40.9 Å². The number of pyridine rings is 1. The number of hydrogen-bond acceptors (Lipinski definition) is 7. The van der Waals surface area contributed by atoms with E-state index in [0.717, 1.165) is 0 Å². The van der Waals surface area contributed by atoms with Crippen LogP contribution in [0.25, 0.3) is 22.2 Å². The van der Waals surface area contributed by atoms with Gasteiger partial charge in [0.1, 0.15) is 0 Å². The van der Waals surface area contributed by atoms with E-state index in [4.69, 9.17) is 21.3 Å². The molecule has 0 spiro atoms. The van der Waals surface area contributed by atoms with E-state index in [1.165, 1.54) is 16.2 Å². The Bertz CT molecular complexity index is 1800. The first kappa shape index (κ1) is 28.5. The van der Waals surface area contributed by atoms with Gasteiger partial charge in [0.25, 0.3) is 0 Å². The topological polar surface area (TPSA) is 93.6 Å². The highest BCUT2D eigenvalue weighted by molar-refractivity contribution is 9.10. The average Bonchev–Trinajstić information content (AvgIpc) is 3.62. The third kappa shape index (κ3) is 4.89. The first-order chi connectivity index (χ1) is 20.2. The number of allylic oxidation sites excluding steroid dienone is 2. The number of aromatic nitrogens is 1. The second-order valence-electron chi connectivity index (χ2n) is 10.4. The lowest BCUT2D eigenvalue weighted by Gasteiger charge is -2.22. The number of ketones is 1. The second kappa shape index (κ2) is 11.2. The zero-order valence-corrected chi connectivity index (χ0v) is 25.8. The van der Waals surface area contributed by atoms with Gasteiger partial charge in [0.2, 0.25) is 17.6 Å². The van der Waals surface area contributed by atoms with Crippen molar-refractivity contribution in [3.8, 4) is 11.3 Å². The van der Waals surface area contributed by atoms with Crippen LogP contribution in [0.4, 0.5) is 5.69 Å². The molecule has 2 aliphatic rings. The normalized spacial score (nSPS) is 19.8. The predicted octanol–water partition coefficient (Wildman–Crippen LogP) is 7.43. The van der Waals surface area contributed by atoms with Crippen LogP contribution in [0.3, 0.4) is 0 Å². The van der Waals surface area contributed by atoms with Gasteiger partial charge in [-0.2, -0.15) is 0 Å². The van der Waals surface area contributed by atoms with E-state index in [1.54, 1.807) is 53.9 Å². The molecule has 1 fully saturated rings. The average molecular weight is 664 g/mol. The van der Waals surface area contributed by atoms with Crippen LogP contribution in [0.1, 0.15) is 38.9 Å². The fourth-order valence-electron chi connectivity index (χ4n) is 5.68. The Balaban J connectivity index is 1.35. The van der Waals surface area contributed by atoms with Gasteiger partial charge in [-0.15, -0.1) is 11.3 Å². The predicted molar refractivity (Wildman–Crippen MR) is 166 cm³/mol. The SMILES string of the molecule is Cc1c(Cl)c(Br)cc2c(C(=O)OCC(=O)c3cccs3)cc(-c3ccc(N4C(=O)C5CC=CC(C)C5C4=O)cc3)nc12. The summed E-state index contributed by atoms with van der Waals surface area (Å²) in [6.07, 6.45) is 4.53. The van der Waals surface area contributed by atoms with Crippen molar-refractivity contribution in [2.24, 2.45) is 17.8 Å². The van der Waals surface area contributed by atoms with Crippen molar-refractivity contribution >= 4 is 79.0 Å². The molecule has 4 aromatic rings. The highest BCUT2D eigenvalue weighted by Crippen LogP contribution is 2.41. The quantitative estimate of drug-likeness (QED) is 0.0922. The maximum atomic E-state index is 13.3. The Hall–Kier alpha value is -3.66. The number of fused-ring (bicyclic) bond motifs is 2. The van der Waals surface area contributed by atoms with E-state index < -0.39 is 12.6 Å². The molecule has 1 saturated heterocycles. The third-order valence-corrected chi connectivity index (χ3v) is 10.1. The lowest BCUT2D eigenvalue weighted by Crippen LogP contribution is -2.31. The summed E-state index contributed by atoms with van der Waals surface area (Å²) in [6.45, 7) is 3.38. The Morgan fingerprint density at radius 2 is 1.90 bits per heavy atom. The van der Waals surface area contributed by atoms with Crippen molar-refractivity contribution in [2.45, 2.75) is 20.3 Å². The van der Waals surface area contributed by atoms with Gasteiger partial charge in [0.15, 0.2) is 6.61 Å². The number of benzene rings is 2. The molecule has 1 aliphatic carbocycles. The van der Waals surface area contributed by atoms with Crippen LogP contribution in [-0.2, 0) is 14.3 Å². The van der Waals surface area contributed by atoms with E-state index in [0.29, 0.717) is 54.2 Å². The minimum absolute atomic E-state index is 0.000143. The number of hydrogen-bond donors (Lipinski definition) is 0. The van der Waals surface area contributed by atoms with Gasteiger partial charge in [-0.25, -0.2) is 9.78 Å². The lowest BCUT2D eigenvalue weighted by atomic mass is 9.78. The number of carbonyl (C=O) groups is 4. The van der Waals surface area contributed by atoms with Gasteiger partial charge < -0.3 is 4.74 Å². The van der Waals surface area contributed by atoms with Gasteiger partial charge in [-0.3, -0.25) is 19.3 Å². The molecule has 0 N–H and O–H groups in total. The molecule has 2 aromatic carbocycles. The Morgan fingerprint density at radius 1 is 1.14 bits per heavy atom. The smallest absolute Gasteiger partial charge is 0.339 e. The minimum atomic E-state index is -0.669. The fourth-order valence-corrected chi connectivity index (χ4v) is 7.00. The Kier molecular flexibility index (Phi) is 7.59. The number of nitrogens with zero attached hydrogens (tertiary/aromatic N) is 2. The zero-order chi connectivity index (χ0) is 29.7. The molecule has 3 atom stereocenters. The van der Waals surface area contributed by atoms with Crippen LogP contribution in [0, 0.1) is 24.7 Å². The molecule has 0 saturated carbocycles. The molecule has 2 aromatic heterocycles. The number of amides is 2. The Labute approximate surface area is 259 Å². The molecule has 0 radical (unpaired) electrons. The maximum absolute atomic E-state index is 13.3. The number of carbonyl (C=O) groups excluding carboxylic acids is 4. The summed E-state index contributed by atoms with van der Waals surface area (Å²) >= 11 is 11.2. The summed E-state index contributed by atoms with van der Waals surface area (Å²) in [6, 6.07) is 13.7. The van der Waals surface area contributed by atoms with Gasteiger partial charge in [0, 0.05) is 15.4 Å². The number of aryl methyl sites for hydroxylation is 1. The number of thiophene rings is 1.